The van der Waals surface area contributed by atoms with Crippen LogP contribution in [0.1, 0.15) is 341 Å². The monoisotopic (exact) mass is 948 g/mol. The Bertz CT molecular complexity index is 975. The van der Waals surface area contributed by atoms with Gasteiger partial charge in [0.15, 0.2) is 0 Å². The van der Waals surface area contributed by atoms with E-state index in [2.05, 4.69) is 31.3 Å². The largest absolute Gasteiger partial charge is 0.394 e. The SMILES string of the molecule is CCCCCCCCCCCCCCCCCCCCCCCCC/C=C/CCCC(O)C(O)C(CO)NC(=O)C(O)CCCCCCCCCCCCCCCCCCCCCCCCC. The molecule has 5 N–H and O–H groups in total. The molecule has 67 heavy (non-hydrogen) atoms. The normalized spacial score (nSPS) is 13.7. The first kappa shape index (κ1) is 66.0. The van der Waals surface area contributed by atoms with E-state index in [1.807, 2.05) is 0 Å². The van der Waals surface area contributed by atoms with Crippen molar-refractivity contribution in [2.75, 3.05) is 6.61 Å². The maximum absolute atomic E-state index is 12.6. The zero-order chi connectivity index (χ0) is 48.8. The van der Waals surface area contributed by atoms with E-state index in [0.29, 0.717) is 12.8 Å². The van der Waals surface area contributed by atoms with Crippen molar-refractivity contribution in [1.82, 2.24) is 5.32 Å². The van der Waals surface area contributed by atoms with Crippen molar-refractivity contribution in [2.45, 2.75) is 366 Å². The van der Waals surface area contributed by atoms with Gasteiger partial charge in [0.2, 0.25) is 5.91 Å². The Kier molecular flexibility index (Phi) is 55.2. The van der Waals surface area contributed by atoms with Crippen LogP contribution in [0.5, 0.6) is 0 Å². The quantitative estimate of drug-likeness (QED) is 0.0308. The third-order valence-electron chi connectivity index (χ3n) is 14.7. The lowest BCUT2D eigenvalue weighted by molar-refractivity contribution is -0.132. The minimum absolute atomic E-state index is 0.369. The van der Waals surface area contributed by atoms with Gasteiger partial charge in [0.1, 0.15) is 12.2 Å². The lowest BCUT2D eigenvalue weighted by Crippen LogP contribution is -2.53. The second-order valence-electron chi connectivity index (χ2n) is 21.4. The lowest BCUT2D eigenvalue weighted by Gasteiger charge is -2.27. The molecule has 0 aromatic heterocycles. The minimum Gasteiger partial charge on any atom is -0.394 e. The molecular formula is C61H121NO5. The molecule has 0 bridgehead atoms. The van der Waals surface area contributed by atoms with Crippen LogP contribution >= 0.6 is 0 Å². The molecule has 0 saturated heterocycles. The van der Waals surface area contributed by atoms with Crippen LogP contribution in [0.25, 0.3) is 0 Å². The fourth-order valence-corrected chi connectivity index (χ4v) is 9.94. The third-order valence-corrected chi connectivity index (χ3v) is 14.7. The molecule has 0 aliphatic carbocycles. The number of unbranched alkanes of at least 4 members (excludes halogenated alkanes) is 46. The van der Waals surface area contributed by atoms with Crippen LogP contribution in [0.15, 0.2) is 12.2 Å². The Labute approximate surface area is 419 Å². The summed E-state index contributed by atoms with van der Waals surface area (Å²) in [6, 6.07) is -0.999. The zero-order valence-corrected chi connectivity index (χ0v) is 45.4. The van der Waals surface area contributed by atoms with Gasteiger partial charge in [-0.1, -0.05) is 315 Å². The molecule has 0 radical (unpaired) electrons. The van der Waals surface area contributed by atoms with E-state index in [9.17, 15) is 25.2 Å². The fraction of sp³-hybridized carbons (Fsp3) is 0.951. The van der Waals surface area contributed by atoms with Crippen molar-refractivity contribution >= 4 is 5.91 Å². The Hall–Kier alpha value is -0.950. The summed E-state index contributed by atoms with van der Waals surface area (Å²) in [6.07, 6.45) is 67.3. The number of aliphatic hydroxyl groups excluding tert-OH is 4. The third kappa shape index (κ3) is 49.8. The number of hydrogen-bond donors (Lipinski definition) is 5. The van der Waals surface area contributed by atoms with Crippen molar-refractivity contribution in [2.24, 2.45) is 0 Å². The molecule has 0 aromatic rings. The number of nitrogens with one attached hydrogen (secondary N) is 1. The van der Waals surface area contributed by atoms with Gasteiger partial charge in [0.25, 0.3) is 0 Å². The molecule has 4 atom stereocenters. The smallest absolute Gasteiger partial charge is 0.249 e. The van der Waals surface area contributed by atoms with Gasteiger partial charge in [0.05, 0.1) is 18.8 Å². The molecule has 6 nitrogen and oxygen atoms in total. The summed E-state index contributed by atoms with van der Waals surface area (Å²) in [5.41, 5.74) is 0. The number of hydrogen-bond acceptors (Lipinski definition) is 5. The summed E-state index contributed by atoms with van der Waals surface area (Å²) in [4.78, 5) is 12.6. The van der Waals surface area contributed by atoms with E-state index < -0.39 is 36.9 Å². The van der Waals surface area contributed by atoms with Crippen LogP contribution in [0, 0.1) is 0 Å². The average molecular weight is 949 g/mol. The van der Waals surface area contributed by atoms with E-state index in [-0.39, 0.29) is 0 Å². The molecule has 1 amide bonds. The first-order chi connectivity index (χ1) is 33.0. The molecule has 6 heteroatoms. The number of amides is 1. The summed E-state index contributed by atoms with van der Waals surface area (Å²) in [7, 11) is 0. The second kappa shape index (κ2) is 56.0. The highest BCUT2D eigenvalue weighted by Gasteiger charge is 2.28. The van der Waals surface area contributed by atoms with E-state index in [1.165, 1.54) is 276 Å². The van der Waals surface area contributed by atoms with Gasteiger partial charge in [-0.2, -0.15) is 0 Å². The first-order valence-corrected chi connectivity index (χ1v) is 30.6. The summed E-state index contributed by atoms with van der Waals surface area (Å²) in [5, 5.41) is 44.1. The molecular weight excluding hydrogens is 827 g/mol. The van der Waals surface area contributed by atoms with Crippen LogP contribution in [0.2, 0.25) is 0 Å². The van der Waals surface area contributed by atoms with Gasteiger partial charge in [-0.3, -0.25) is 4.79 Å². The summed E-state index contributed by atoms with van der Waals surface area (Å²) >= 11 is 0. The molecule has 0 spiro atoms. The van der Waals surface area contributed by atoms with E-state index in [1.54, 1.807) is 0 Å². The summed E-state index contributed by atoms with van der Waals surface area (Å²) in [6.45, 7) is 4.09. The lowest BCUT2D eigenvalue weighted by atomic mass is 10.00. The van der Waals surface area contributed by atoms with Crippen LogP contribution in [0.4, 0.5) is 0 Å². The minimum atomic E-state index is -1.28. The Morgan fingerprint density at radius 2 is 0.612 bits per heavy atom. The fourth-order valence-electron chi connectivity index (χ4n) is 9.94. The Balaban J connectivity index is 3.59. The van der Waals surface area contributed by atoms with Crippen LogP contribution < -0.4 is 5.32 Å². The maximum Gasteiger partial charge on any atom is 0.249 e. The molecule has 0 aromatic carbocycles. The molecule has 0 saturated carbocycles. The number of carbonyl (C=O) groups excluding carboxylic acids is 1. The van der Waals surface area contributed by atoms with Gasteiger partial charge >= 0.3 is 0 Å². The van der Waals surface area contributed by atoms with E-state index >= 15 is 0 Å². The van der Waals surface area contributed by atoms with Crippen LogP contribution in [0.3, 0.4) is 0 Å². The summed E-state index contributed by atoms with van der Waals surface area (Å²) < 4.78 is 0. The van der Waals surface area contributed by atoms with Crippen molar-refractivity contribution < 1.29 is 25.2 Å². The topological polar surface area (TPSA) is 110 Å². The average Bonchev–Trinajstić information content (AvgIpc) is 3.33. The second-order valence-corrected chi connectivity index (χ2v) is 21.4. The molecule has 0 rings (SSSR count). The number of aliphatic hydroxyl groups is 4. The first-order valence-electron chi connectivity index (χ1n) is 30.6. The molecule has 4 unspecified atom stereocenters. The van der Waals surface area contributed by atoms with Crippen LogP contribution in [-0.2, 0) is 4.79 Å². The molecule has 0 heterocycles. The van der Waals surface area contributed by atoms with Gasteiger partial charge in [-0.25, -0.2) is 0 Å². The highest BCUT2D eigenvalue weighted by molar-refractivity contribution is 5.80. The number of carbonyl (C=O) groups is 1. The van der Waals surface area contributed by atoms with Crippen molar-refractivity contribution in [3.05, 3.63) is 12.2 Å². The van der Waals surface area contributed by atoms with Gasteiger partial charge in [-0.05, 0) is 38.5 Å². The molecule has 0 fully saturated rings. The molecule has 400 valence electrons. The van der Waals surface area contributed by atoms with Gasteiger partial charge in [-0.15, -0.1) is 0 Å². The van der Waals surface area contributed by atoms with Crippen LogP contribution in [-0.4, -0.2) is 57.3 Å². The van der Waals surface area contributed by atoms with Gasteiger partial charge < -0.3 is 25.7 Å². The predicted octanol–water partition coefficient (Wildman–Crippen LogP) is 18.0. The van der Waals surface area contributed by atoms with E-state index in [0.717, 1.165) is 38.5 Å². The zero-order valence-electron chi connectivity index (χ0n) is 45.4. The molecule has 0 aliphatic rings. The predicted molar refractivity (Wildman–Crippen MR) is 293 cm³/mol. The molecule has 0 aliphatic heterocycles. The highest BCUT2D eigenvalue weighted by atomic mass is 16.3. The number of rotatable bonds is 57. The maximum atomic E-state index is 12.6. The van der Waals surface area contributed by atoms with Gasteiger partial charge in [0, 0.05) is 0 Å². The van der Waals surface area contributed by atoms with Crippen molar-refractivity contribution in [1.29, 1.82) is 0 Å². The summed E-state index contributed by atoms with van der Waals surface area (Å²) in [5.74, 6) is -0.586. The standard InChI is InChI=1S/C61H121NO5/c1-3-5-7-9-11-13-15-17-19-21-23-25-27-28-29-30-31-33-34-36-38-40-42-44-46-48-50-52-54-58(64)60(66)57(56-63)62-61(67)59(65)55-53-51-49-47-45-43-41-39-37-35-32-26-24-22-20-18-16-14-12-10-8-6-4-2/h46,48,57-60,63-66H,3-45,47,49-56H2,1-2H3,(H,62,67)/b48-46+. The van der Waals surface area contributed by atoms with Crippen molar-refractivity contribution in [3.63, 3.8) is 0 Å². The highest BCUT2D eigenvalue weighted by Crippen LogP contribution is 2.19. The number of allylic oxidation sites excluding steroid dienone is 2. The van der Waals surface area contributed by atoms with E-state index in [4.69, 9.17) is 0 Å². The van der Waals surface area contributed by atoms with Crippen molar-refractivity contribution in [3.8, 4) is 0 Å². The Morgan fingerprint density at radius 1 is 0.358 bits per heavy atom. The Morgan fingerprint density at radius 3 is 0.896 bits per heavy atom.